The highest BCUT2D eigenvalue weighted by Gasteiger charge is 2.17. The lowest BCUT2D eigenvalue weighted by atomic mass is 9.93. The second-order valence-corrected chi connectivity index (χ2v) is 4.31. The quantitative estimate of drug-likeness (QED) is 0.853. The summed E-state index contributed by atoms with van der Waals surface area (Å²) in [5, 5.41) is 0. The summed E-state index contributed by atoms with van der Waals surface area (Å²) < 4.78 is 11.0. The van der Waals surface area contributed by atoms with Crippen LogP contribution in [0.4, 0.5) is 0 Å². The third-order valence-electron chi connectivity index (χ3n) is 3.21. The SMILES string of the molecule is CCC(C)C(N)c1ccc2c(c1)OCCO2. The fourth-order valence-electron chi connectivity index (χ4n) is 1.85. The number of ether oxygens (including phenoxy) is 2. The van der Waals surface area contributed by atoms with E-state index >= 15 is 0 Å². The molecule has 0 amide bonds. The molecule has 2 N–H and O–H groups in total. The third kappa shape index (κ3) is 2.14. The molecule has 0 aromatic heterocycles. The second-order valence-electron chi connectivity index (χ2n) is 4.31. The predicted molar refractivity (Wildman–Crippen MR) is 63.8 cm³/mol. The first-order chi connectivity index (χ1) is 7.72. The van der Waals surface area contributed by atoms with Crippen molar-refractivity contribution in [3.05, 3.63) is 23.8 Å². The molecule has 1 aromatic rings. The fourth-order valence-corrected chi connectivity index (χ4v) is 1.85. The molecule has 2 unspecified atom stereocenters. The number of hydrogen-bond donors (Lipinski definition) is 1. The summed E-state index contributed by atoms with van der Waals surface area (Å²) in [7, 11) is 0. The summed E-state index contributed by atoms with van der Waals surface area (Å²) >= 11 is 0. The van der Waals surface area contributed by atoms with Crippen molar-refractivity contribution in [3.63, 3.8) is 0 Å². The Balaban J connectivity index is 2.22. The van der Waals surface area contributed by atoms with Gasteiger partial charge in [-0.15, -0.1) is 0 Å². The van der Waals surface area contributed by atoms with Gasteiger partial charge in [-0.05, 0) is 23.6 Å². The summed E-state index contributed by atoms with van der Waals surface area (Å²) in [5.74, 6) is 2.12. The lowest BCUT2D eigenvalue weighted by Crippen LogP contribution is -2.20. The molecule has 0 saturated carbocycles. The zero-order valence-corrected chi connectivity index (χ0v) is 9.90. The van der Waals surface area contributed by atoms with Gasteiger partial charge in [0.15, 0.2) is 11.5 Å². The summed E-state index contributed by atoms with van der Waals surface area (Å²) in [4.78, 5) is 0. The molecule has 2 rings (SSSR count). The zero-order chi connectivity index (χ0) is 11.5. The fraction of sp³-hybridized carbons (Fsp3) is 0.538. The lowest BCUT2D eigenvalue weighted by Gasteiger charge is -2.22. The Morgan fingerprint density at radius 3 is 2.62 bits per heavy atom. The largest absolute Gasteiger partial charge is 0.486 e. The number of hydrogen-bond acceptors (Lipinski definition) is 3. The van der Waals surface area contributed by atoms with Crippen LogP contribution in [-0.2, 0) is 0 Å². The zero-order valence-electron chi connectivity index (χ0n) is 9.90. The minimum atomic E-state index is 0.0702. The molecule has 1 heterocycles. The van der Waals surface area contributed by atoms with Crippen LogP contribution >= 0.6 is 0 Å². The highest BCUT2D eigenvalue weighted by atomic mass is 16.6. The second kappa shape index (κ2) is 4.74. The Hall–Kier alpha value is -1.22. The van der Waals surface area contributed by atoms with Gasteiger partial charge in [-0.3, -0.25) is 0 Å². The van der Waals surface area contributed by atoms with Crippen LogP contribution in [0.1, 0.15) is 31.9 Å². The van der Waals surface area contributed by atoms with E-state index in [2.05, 4.69) is 13.8 Å². The van der Waals surface area contributed by atoms with Crippen LogP contribution in [0, 0.1) is 5.92 Å². The van der Waals surface area contributed by atoms with Gasteiger partial charge in [0, 0.05) is 6.04 Å². The molecule has 1 aromatic carbocycles. The molecule has 88 valence electrons. The van der Waals surface area contributed by atoms with Gasteiger partial charge in [0.25, 0.3) is 0 Å². The minimum Gasteiger partial charge on any atom is -0.486 e. The van der Waals surface area contributed by atoms with Gasteiger partial charge in [0.2, 0.25) is 0 Å². The van der Waals surface area contributed by atoms with Gasteiger partial charge < -0.3 is 15.2 Å². The number of rotatable bonds is 3. The van der Waals surface area contributed by atoms with Crippen LogP contribution in [0.25, 0.3) is 0 Å². The van der Waals surface area contributed by atoms with E-state index in [0.717, 1.165) is 23.5 Å². The van der Waals surface area contributed by atoms with E-state index in [1.54, 1.807) is 0 Å². The molecule has 1 aliphatic heterocycles. The predicted octanol–water partition coefficient (Wildman–Crippen LogP) is 2.50. The Morgan fingerprint density at radius 2 is 1.94 bits per heavy atom. The van der Waals surface area contributed by atoms with E-state index in [1.807, 2.05) is 18.2 Å². The van der Waals surface area contributed by atoms with Crippen LogP contribution in [0.15, 0.2) is 18.2 Å². The van der Waals surface area contributed by atoms with Gasteiger partial charge in [-0.25, -0.2) is 0 Å². The normalized spacial score (nSPS) is 17.9. The molecule has 0 fully saturated rings. The van der Waals surface area contributed by atoms with E-state index in [-0.39, 0.29) is 6.04 Å². The minimum absolute atomic E-state index is 0.0702. The van der Waals surface area contributed by atoms with Crippen LogP contribution in [0.2, 0.25) is 0 Å². The monoisotopic (exact) mass is 221 g/mol. The van der Waals surface area contributed by atoms with E-state index in [9.17, 15) is 0 Å². The number of fused-ring (bicyclic) bond motifs is 1. The number of nitrogens with two attached hydrogens (primary N) is 1. The molecule has 3 heteroatoms. The molecule has 16 heavy (non-hydrogen) atoms. The van der Waals surface area contributed by atoms with Crippen molar-refractivity contribution in [1.29, 1.82) is 0 Å². The first-order valence-corrected chi connectivity index (χ1v) is 5.87. The van der Waals surface area contributed by atoms with Crippen molar-refractivity contribution in [1.82, 2.24) is 0 Å². The van der Waals surface area contributed by atoms with Crippen LogP contribution in [0.5, 0.6) is 11.5 Å². The Bertz CT molecular complexity index is 365. The molecule has 0 aliphatic carbocycles. The average Bonchev–Trinajstić information content (AvgIpc) is 2.36. The van der Waals surface area contributed by atoms with Crippen molar-refractivity contribution in [2.75, 3.05) is 13.2 Å². The Kier molecular flexibility index (Phi) is 3.34. The van der Waals surface area contributed by atoms with Gasteiger partial charge >= 0.3 is 0 Å². The van der Waals surface area contributed by atoms with Crippen molar-refractivity contribution < 1.29 is 9.47 Å². The average molecular weight is 221 g/mol. The van der Waals surface area contributed by atoms with Crippen molar-refractivity contribution in [2.45, 2.75) is 26.3 Å². The molecule has 0 saturated heterocycles. The molecule has 0 radical (unpaired) electrons. The summed E-state index contributed by atoms with van der Waals surface area (Å²) in [6, 6.07) is 6.06. The van der Waals surface area contributed by atoms with Gasteiger partial charge in [-0.2, -0.15) is 0 Å². The smallest absolute Gasteiger partial charge is 0.161 e. The highest BCUT2D eigenvalue weighted by Crippen LogP contribution is 2.33. The van der Waals surface area contributed by atoms with E-state index < -0.39 is 0 Å². The number of benzene rings is 1. The molecule has 1 aliphatic rings. The van der Waals surface area contributed by atoms with Crippen molar-refractivity contribution >= 4 is 0 Å². The maximum absolute atomic E-state index is 6.19. The molecule has 2 atom stereocenters. The Labute approximate surface area is 96.5 Å². The van der Waals surface area contributed by atoms with E-state index in [1.165, 1.54) is 0 Å². The highest BCUT2D eigenvalue weighted by molar-refractivity contribution is 5.44. The van der Waals surface area contributed by atoms with Crippen LogP contribution in [0.3, 0.4) is 0 Å². The summed E-state index contributed by atoms with van der Waals surface area (Å²) in [6.45, 7) is 5.57. The van der Waals surface area contributed by atoms with Gasteiger partial charge in [-0.1, -0.05) is 26.3 Å². The first-order valence-electron chi connectivity index (χ1n) is 5.87. The van der Waals surface area contributed by atoms with E-state index in [0.29, 0.717) is 19.1 Å². The maximum Gasteiger partial charge on any atom is 0.161 e. The topological polar surface area (TPSA) is 44.5 Å². The molecule has 3 nitrogen and oxygen atoms in total. The maximum atomic E-state index is 6.19. The first kappa shape index (κ1) is 11.3. The molecular weight excluding hydrogens is 202 g/mol. The van der Waals surface area contributed by atoms with Gasteiger partial charge in [0.05, 0.1) is 0 Å². The van der Waals surface area contributed by atoms with Crippen LogP contribution in [-0.4, -0.2) is 13.2 Å². The molecular formula is C13H19NO2. The van der Waals surface area contributed by atoms with Crippen molar-refractivity contribution in [2.24, 2.45) is 11.7 Å². The lowest BCUT2D eigenvalue weighted by molar-refractivity contribution is 0.171. The summed E-state index contributed by atoms with van der Waals surface area (Å²) in [5.41, 5.74) is 7.31. The Morgan fingerprint density at radius 1 is 1.25 bits per heavy atom. The molecule has 0 bridgehead atoms. The molecule has 0 spiro atoms. The van der Waals surface area contributed by atoms with E-state index in [4.69, 9.17) is 15.2 Å². The van der Waals surface area contributed by atoms with Crippen LogP contribution < -0.4 is 15.2 Å². The standard InChI is InChI=1S/C13H19NO2/c1-3-9(2)13(14)10-4-5-11-12(8-10)16-7-6-15-11/h4-5,8-9,13H,3,6-7,14H2,1-2H3. The van der Waals surface area contributed by atoms with Crippen molar-refractivity contribution in [3.8, 4) is 11.5 Å². The summed E-state index contributed by atoms with van der Waals surface area (Å²) in [6.07, 6.45) is 1.08. The van der Waals surface area contributed by atoms with Gasteiger partial charge in [0.1, 0.15) is 13.2 Å². The third-order valence-corrected chi connectivity index (χ3v) is 3.21.